The third kappa shape index (κ3) is 4.30. The molecule has 2 aromatic heterocycles. The Morgan fingerprint density at radius 1 is 1.04 bits per heavy atom. The van der Waals surface area contributed by atoms with E-state index >= 15 is 0 Å². The van der Waals surface area contributed by atoms with Gasteiger partial charge in [-0.25, -0.2) is 4.98 Å². The SMILES string of the molecule is COc1nn(C)cc1C(=O)Nc1ccc(C(=O)Nc2cccc(C)n2)cc1. The standard InChI is InChI=1S/C19H19N5O3/c1-12-5-4-6-16(20-12)22-17(25)13-7-9-14(10-8-13)21-18(26)15-11-24(2)23-19(15)27-3/h4-11H,1-3H3,(H,21,26)(H,20,22,25). The summed E-state index contributed by atoms with van der Waals surface area (Å²) in [5.74, 6) is 0.110. The number of hydrogen-bond acceptors (Lipinski definition) is 5. The maximum absolute atomic E-state index is 12.4. The minimum Gasteiger partial charge on any atom is -0.479 e. The summed E-state index contributed by atoms with van der Waals surface area (Å²) in [6.07, 6.45) is 1.57. The van der Waals surface area contributed by atoms with E-state index < -0.39 is 0 Å². The highest BCUT2D eigenvalue weighted by Crippen LogP contribution is 2.18. The molecule has 2 amide bonds. The van der Waals surface area contributed by atoms with Gasteiger partial charge in [-0.15, -0.1) is 5.10 Å². The highest BCUT2D eigenvalue weighted by atomic mass is 16.5. The Bertz CT molecular complexity index is 979. The van der Waals surface area contributed by atoms with Crippen molar-refractivity contribution in [2.45, 2.75) is 6.92 Å². The molecule has 0 aliphatic carbocycles. The first-order valence-corrected chi connectivity index (χ1v) is 8.20. The molecule has 0 bridgehead atoms. The smallest absolute Gasteiger partial charge is 0.262 e. The van der Waals surface area contributed by atoms with E-state index in [-0.39, 0.29) is 17.7 Å². The molecule has 138 valence electrons. The number of ether oxygens (including phenoxy) is 1. The van der Waals surface area contributed by atoms with Gasteiger partial charge in [-0.1, -0.05) is 6.07 Å². The molecule has 0 spiro atoms. The Kier molecular flexibility index (Phi) is 5.16. The number of anilines is 2. The van der Waals surface area contributed by atoms with Crippen molar-refractivity contribution in [3.8, 4) is 5.88 Å². The summed E-state index contributed by atoms with van der Waals surface area (Å²) in [4.78, 5) is 28.9. The van der Waals surface area contributed by atoms with Crippen LogP contribution in [0.3, 0.4) is 0 Å². The second-order valence-corrected chi connectivity index (χ2v) is 5.88. The molecular formula is C19H19N5O3. The van der Waals surface area contributed by atoms with E-state index in [1.54, 1.807) is 43.6 Å². The molecule has 3 aromatic rings. The van der Waals surface area contributed by atoms with E-state index in [1.165, 1.54) is 11.8 Å². The van der Waals surface area contributed by atoms with Crippen LogP contribution in [0.5, 0.6) is 5.88 Å². The quantitative estimate of drug-likeness (QED) is 0.724. The predicted molar refractivity (Wildman–Crippen MR) is 101 cm³/mol. The van der Waals surface area contributed by atoms with Gasteiger partial charge in [0.1, 0.15) is 11.4 Å². The van der Waals surface area contributed by atoms with Gasteiger partial charge in [0, 0.05) is 30.2 Å². The molecule has 2 heterocycles. The van der Waals surface area contributed by atoms with Crippen LogP contribution in [-0.2, 0) is 7.05 Å². The van der Waals surface area contributed by atoms with Gasteiger partial charge in [-0.3, -0.25) is 14.3 Å². The van der Waals surface area contributed by atoms with Gasteiger partial charge >= 0.3 is 0 Å². The van der Waals surface area contributed by atoms with Crippen molar-refractivity contribution in [3.63, 3.8) is 0 Å². The number of benzene rings is 1. The van der Waals surface area contributed by atoms with Crippen LogP contribution in [0.2, 0.25) is 0 Å². The number of rotatable bonds is 5. The van der Waals surface area contributed by atoms with Crippen molar-refractivity contribution in [2.75, 3.05) is 17.7 Å². The fourth-order valence-electron chi connectivity index (χ4n) is 2.48. The Hall–Kier alpha value is -3.68. The number of aryl methyl sites for hydroxylation is 2. The largest absolute Gasteiger partial charge is 0.479 e. The highest BCUT2D eigenvalue weighted by Gasteiger charge is 2.16. The molecule has 0 aliphatic heterocycles. The first-order chi connectivity index (χ1) is 13.0. The summed E-state index contributed by atoms with van der Waals surface area (Å²) in [7, 11) is 3.16. The molecule has 0 unspecified atom stereocenters. The number of amides is 2. The lowest BCUT2D eigenvalue weighted by atomic mass is 10.2. The number of carbonyl (C=O) groups is 2. The zero-order chi connectivity index (χ0) is 19.4. The average Bonchev–Trinajstić information content (AvgIpc) is 3.03. The van der Waals surface area contributed by atoms with E-state index in [1.807, 2.05) is 19.1 Å². The van der Waals surface area contributed by atoms with E-state index in [4.69, 9.17) is 4.74 Å². The van der Waals surface area contributed by atoms with Crippen molar-refractivity contribution >= 4 is 23.3 Å². The summed E-state index contributed by atoms with van der Waals surface area (Å²) >= 11 is 0. The molecule has 1 aromatic carbocycles. The summed E-state index contributed by atoms with van der Waals surface area (Å²) in [6, 6.07) is 12.0. The number of hydrogen-bond donors (Lipinski definition) is 2. The van der Waals surface area contributed by atoms with E-state index in [2.05, 4.69) is 20.7 Å². The summed E-state index contributed by atoms with van der Waals surface area (Å²) in [5.41, 5.74) is 2.15. The number of carbonyl (C=O) groups excluding carboxylic acids is 2. The number of nitrogens with zero attached hydrogens (tertiary/aromatic N) is 3. The number of nitrogens with one attached hydrogen (secondary N) is 2. The lowest BCUT2D eigenvalue weighted by molar-refractivity contribution is 0.101. The van der Waals surface area contributed by atoms with Crippen molar-refractivity contribution in [2.24, 2.45) is 7.05 Å². The van der Waals surface area contributed by atoms with E-state index in [0.29, 0.717) is 22.6 Å². The fraction of sp³-hybridized carbons (Fsp3) is 0.158. The van der Waals surface area contributed by atoms with Crippen LogP contribution in [0.15, 0.2) is 48.7 Å². The fourth-order valence-corrected chi connectivity index (χ4v) is 2.48. The minimum absolute atomic E-state index is 0.247. The second-order valence-electron chi connectivity index (χ2n) is 5.88. The maximum Gasteiger partial charge on any atom is 0.262 e. The van der Waals surface area contributed by atoms with Gasteiger partial charge in [-0.2, -0.15) is 0 Å². The van der Waals surface area contributed by atoms with Crippen LogP contribution in [0.25, 0.3) is 0 Å². The molecule has 0 atom stereocenters. The number of methoxy groups -OCH3 is 1. The Morgan fingerprint density at radius 3 is 2.44 bits per heavy atom. The lowest BCUT2D eigenvalue weighted by Crippen LogP contribution is -2.14. The zero-order valence-electron chi connectivity index (χ0n) is 15.2. The molecular weight excluding hydrogens is 346 g/mol. The van der Waals surface area contributed by atoms with Crippen LogP contribution < -0.4 is 15.4 Å². The third-order valence-electron chi connectivity index (χ3n) is 3.77. The molecule has 0 aliphatic rings. The average molecular weight is 365 g/mol. The molecule has 2 N–H and O–H groups in total. The van der Waals surface area contributed by atoms with Crippen LogP contribution >= 0.6 is 0 Å². The van der Waals surface area contributed by atoms with Gasteiger partial charge < -0.3 is 15.4 Å². The van der Waals surface area contributed by atoms with E-state index in [0.717, 1.165) is 5.69 Å². The first-order valence-electron chi connectivity index (χ1n) is 8.20. The zero-order valence-corrected chi connectivity index (χ0v) is 15.2. The van der Waals surface area contributed by atoms with Crippen molar-refractivity contribution in [3.05, 3.63) is 65.5 Å². The maximum atomic E-state index is 12.4. The molecule has 8 heteroatoms. The molecule has 0 fully saturated rings. The summed E-state index contributed by atoms with van der Waals surface area (Å²) < 4.78 is 6.59. The molecule has 0 saturated heterocycles. The topological polar surface area (TPSA) is 98.1 Å². The summed E-state index contributed by atoms with van der Waals surface area (Å²) in [6.45, 7) is 1.85. The Morgan fingerprint density at radius 2 is 1.78 bits per heavy atom. The Labute approximate surface area is 156 Å². The van der Waals surface area contributed by atoms with Crippen molar-refractivity contribution in [1.82, 2.24) is 14.8 Å². The molecule has 0 saturated carbocycles. The second kappa shape index (κ2) is 7.69. The number of aromatic nitrogens is 3. The Balaban J connectivity index is 1.67. The number of pyridine rings is 1. The van der Waals surface area contributed by atoms with Crippen LogP contribution in [0.1, 0.15) is 26.4 Å². The molecule has 0 radical (unpaired) electrons. The van der Waals surface area contributed by atoms with Crippen LogP contribution in [0, 0.1) is 6.92 Å². The van der Waals surface area contributed by atoms with Gasteiger partial charge in [-0.05, 0) is 43.3 Å². The monoisotopic (exact) mass is 365 g/mol. The van der Waals surface area contributed by atoms with Crippen LogP contribution in [-0.4, -0.2) is 33.7 Å². The predicted octanol–water partition coefficient (Wildman–Crippen LogP) is 2.64. The molecule has 8 nitrogen and oxygen atoms in total. The third-order valence-corrected chi connectivity index (χ3v) is 3.77. The van der Waals surface area contributed by atoms with Gasteiger partial charge in [0.2, 0.25) is 5.88 Å². The molecule has 27 heavy (non-hydrogen) atoms. The van der Waals surface area contributed by atoms with Gasteiger partial charge in [0.25, 0.3) is 11.8 Å². The highest BCUT2D eigenvalue weighted by molar-refractivity contribution is 6.07. The lowest BCUT2D eigenvalue weighted by Gasteiger charge is -2.07. The minimum atomic E-state index is -0.346. The first kappa shape index (κ1) is 18.1. The van der Waals surface area contributed by atoms with E-state index in [9.17, 15) is 9.59 Å². The van der Waals surface area contributed by atoms with Gasteiger partial charge in [0.05, 0.1) is 7.11 Å². The van der Waals surface area contributed by atoms with Crippen LogP contribution in [0.4, 0.5) is 11.5 Å². The van der Waals surface area contributed by atoms with Crippen molar-refractivity contribution < 1.29 is 14.3 Å². The molecule has 3 rings (SSSR count). The normalized spacial score (nSPS) is 10.3. The van der Waals surface area contributed by atoms with Crippen molar-refractivity contribution in [1.29, 1.82) is 0 Å². The van der Waals surface area contributed by atoms with Gasteiger partial charge in [0.15, 0.2) is 0 Å². The summed E-state index contributed by atoms with van der Waals surface area (Å²) in [5, 5.41) is 9.54.